The number of furan rings is 1. The minimum atomic E-state index is -0.291. The Bertz CT molecular complexity index is 474. The number of hydrogen-bond donors (Lipinski definition) is 0. The average molecular weight is 293 g/mol. The monoisotopic (exact) mass is 293 g/mol. The lowest BCUT2D eigenvalue weighted by molar-refractivity contribution is 0.0521. The lowest BCUT2D eigenvalue weighted by atomic mass is 10.1. The van der Waals surface area contributed by atoms with Crippen LogP contribution in [-0.2, 0) is 16.0 Å². The fourth-order valence-electron chi connectivity index (χ4n) is 2.88. The van der Waals surface area contributed by atoms with Crippen LogP contribution in [0.15, 0.2) is 16.7 Å². The number of rotatable bonds is 7. The van der Waals surface area contributed by atoms with Gasteiger partial charge in [0, 0.05) is 19.2 Å². The highest BCUT2D eigenvalue weighted by Crippen LogP contribution is 2.31. The molecule has 0 N–H and O–H groups in total. The third-order valence-corrected chi connectivity index (χ3v) is 4.17. The fraction of sp³-hybridized carbons (Fsp3) is 0.688. The number of esters is 1. The summed E-state index contributed by atoms with van der Waals surface area (Å²) < 4.78 is 16.1. The van der Waals surface area contributed by atoms with E-state index in [-0.39, 0.29) is 5.97 Å². The Balaban J connectivity index is 1.65. The smallest absolute Gasteiger partial charge is 0.341 e. The molecule has 5 heteroatoms. The molecule has 0 amide bonds. The molecule has 1 atom stereocenters. The number of nitrogens with zero attached hydrogens (tertiary/aromatic N) is 1. The molecule has 0 spiro atoms. The molecule has 1 aliphatic heterocycles. The van der Waals surface area contributed by atoms with Crippen molar-refractivity contribution in [2.75, 3.05) is 26.4 Å². The van der Waals surface area contributed by atoms with Crippen LogP contribution in [0.25, 0.3) is 0 Å². The van der Waals surface area contributed by atoms with Crippen LogP contribution in [0.3, 0.4) is 0 Å². The predicted octanol–water partition coefficient (Wildman–Crippen LogP) is 2.46. The van der Waals surface area contributed by atoms with E-state index in [4.69, 9.17) is 13.9 Å². The van der Waals surface area contributed by atoms with Crippen molar-refractivity contribution in [2.24, 2.45) is 5.92 Å². The van der Waals surface area contributed by atoms with E-state index < -0.39 is 0 Å². The zero-order chi connectivity index (χ0) is 14.7. The van der Waals surface area contributed by atoms with Gasteiger partial charge in [-0.15, -0.1) is 0 Å². The van der Waals surface area contributed by atoms with Crippen molar-refractivity contribution in [3.8, 4) is 0 Å². The van der Waals surface area contributed by atoms with Gasteiger partial charge in [0.25, 0.3) is 0 Å². The quantitative estimate of drug-likeness (QED) is 0.723. The van der Waals surface area contributed by atoms with Gasteiger partial charge in [0.15, 0.2) is 0 Å². The van der Waals surface area contributed by atoms with Gasteiger partial charge in [0.1, 0.15) is 11.3 Å². The van der Waals surface area contributed by atoms with Crippen LogP contribution < -0.4 is 0 Å². The maximum absolute atomic E-state index is 11.9. The minimum Gasteiger partial charge on any atom is -0.467 e. The molecule has 5 nitrogen and oxygen atoms in total. The van der Waals surface area contributed by atoms with Gasteiger partial charge in [-0.05, 0) is 38.2 Å². The van der Waals surface area contributed by atoms with E-state index in [0.29, 0.717) is 30.7 Å². The van der Waals surface area contributed by atoms with Gasteiger partial charge in [0.05, 0.1) is 26.0 Å². The molecule has 2 heterocycles. The maximum atomic E-state index is 11.9. The molecular formula is C16H23NO4. The van der Waals surface area contributed by atoms with Crippen molar-refractivity contribution in [1.29, 1.82) is 0 Å². The third-order valence-electron chi connectivity index (χ3n) is 4.17. The summed E-state index contributed by atoms with van der Waals surface area (Å²) in [6, 6.07) is 2.34. The lowest BCUT2D eigenvalue weighted by Gasteiger charge is -2.24. The van der Waals surface area contributed by atoms with E-state index >= 15 is 0 Å². The summed E-state index contributed by atoms with van der Waals surface area (Å²) >= 11 is 0. The molecule has 0 bridgehead atoms. The van der Waals surface area contributed by atoms with Crippen LogP contribution in [-0.4, -0.2) is 43.3 Å². The highest BCUT2D eigenvalue weighted by atomic mass is 16.5. The van der Waals surface area contributed by atoms with Crippen molar-refractivity contribution in [2.45, 2.75) is 38.8 Å². The molecule has 1 aliphatic carbocycles. The molecule has 3 rings (SSSR count). The fourth-order valence-corrected chi connectivity index (χ4v) is 2.88. The van der Waals surface area contributed by atoms with Crippen LogP contribution >= 0.6 is 0 Å². The standard InChI is InChI=1S/C16H23NO4/c1-2-20-16(18)14-6-8-21-15(14)10-17(13-3-4-13)9-12-5-7-19-11-12/h6,8,12-13H,2-5,7,9-11H2,1H3. The summed E-state index contributed by atoms with van der Waals surface area (Å²) in [5.74, 6) is 1.03. The third kappa shape index (κ3) is 3.66. The Kier molecular flexibility index (Phi) is 4.60. The van der Waals surface area contributed by atoms with Crippen molar-refractivity contribution in [1.82, 2.24) is 4.90 Å². The first-order valence-corrected chi connectivity index (χ1v) is 7.83. The zero-order valence-corrected chi connectivity index (χ0v) is 12.5. The summed E-state index contributed by atoms with van der Waals surface area (Å²) in [4.78, 5) is 14.3. The van der Waals surface area contributed by atoms with Crippen LogP contribution in [0.1, 0.15) is 42.3 Å². The molecule has 2 aliphatic rings. The molecule has 0 aromatic carbocycles. The molecule has 0 radical (unpaired) electrons. The first-order valence-electron chi connectivity index (χ1n) is 7.83. The van der Waals surface area contributed by atoms with E-state index in [2.05, 4.69) is 4.90 Å². The van der Waals surface area contributed by atoms with E-state index in [0.717, 1.165) is 31.9 Å². The first-order chi connectivity index (χ1) is 10.3. The highest BCUT2D eigenvalue weighted by molar-refractivity contribution is 5.90. The summed E-state index contributed by atoms with van der Waals surface area (Å²) in [5.41, 5.74) is 0.560. The van der Waals surface area contributed by atoms with Crippen LogP contribution in [0.5, 0.6) is 0 Å². The summed E-state index contributed by atoms with van der Waals surface area (Å²) in [7, 11) is 0. The molecule has 1 aromatic rings. The minimum absolute atomic E-state index is 0.291. The number of carbonyl (C=O) groups is 1. The second-order valence-corrected chi connectivity index (χ2v) is 5.87. The second-order valence-electron chi connectivity index (χ2n) is 5.87. The number of carbonyl (C=O) groups excluding carboxylic acids is 1. The van der Waals surface area contributed by atoms with E-state index in [1.54, 1.807) is 12.3 Å². The number of ether oxygens (including phenoxy) is 2. The van der Waals surface area contributed by atoms with Crippen molar-refractivity contribution < 1.29 is 18.7 Å². The largest absolute Gasteiger partial charge is 0.467 e. The Hall–Kier alpha value is -1.33. The Labute approximate surface area is 125 Å². The molecule has 2 fully saturated rings. The van der Waals surface area contributed by atoms with Gasteiger partial charge in [-0.1, -0.05) is 0 Å². The maximum Gasteiger partial charge on any atom is 0.341 e. The van der Waals surface area contributed by atoms with Gasteiger partial charge in [-0.2, -0.15) is 0 Å². The molecule has 1 saturated carbocycles. The number of hydrogen-bond acceptors (Lipinski definition) is 5. The molecule has 1 aromatic heterocycles. The topological polar surface area (TPSA) is 51.9 Å². The Morgan fingerprint density at radius 3 is 2.95 bits per heavy atom. The summed E-state index contributed by atoms with van der Waals surface area (Å²) in [6.07, 6.45) is 5.18. The van der Waals surface area contributed by atoms with E-state index in [1.807, 2.05) is 6.92 Å². The van der Waals surface area contributed by atoms with Gasteiger partial charge < -0.3 is 13.9 Å². The predicted molar refractivity (Wildman–Crippen MR) is 77.0 cm³/mol. The molecule has 1 saturated heterocycles. The van der Waals surface area contributed by atoms with E-state index in [9.17, 15) is 4.79 Å². The SMILES string of the molecule is CCOC(=O)c1ccoc1CN(CC1CCOC1)C1CC1. The normalized spacial score (nSPS) is 21.9. The molecule has 1 unspecified atom stereocenters. The highest BCUT2D eigenvalue weighted by Gasteiger charge is 2.33. The van der Waals surface area contributed by atoms with Gasteiger partial charge >= 0.3 is 5.97 Å². The van der Waals surface area contributed by atoms with Crippen molar-refractivity contribution in [3.63, 3.8) is 0 Å². The Morgan fingerprint density at radius 2 is 2.29 bits per heavy atom. The van der Waals surface area contributed by atoms with Crippen LogP contribution in [0, 0.1) is 5.92 Å². The average Bonchev–Trinajstić information content (AvgIpc) is 2.99. The molecular weight excluding hydrogens is 270 g/mol. The zero-order valence-electron chi connectivity index (χ0n) is 12.5. The van der Waals surface area contributed by atoms with Gasteiger partial charge in [0.2, 0.25) is 0 Å². The summed E-state index contributed by atoms with van der Waals surface area (Å²) in [6.45, 7) is 5.63. The lowest BCUT2D eigenvalue weighted by Crippen LogP contribution is -2.31. The Morgan fingerprint density at radius 1 is 1.43 bits per heavy atom. The summed E-state index contributed by atoms with van der Waals surface area (Å²) in [5, 5.41) is 0. The van der Waals surface area contributed by atoms with Gasteiger partial charge in [-0.3, -0.25) is 4.90 Å². The van der Waals surface area contributed by atoms with Crippen molar-refractivity contribution in [3.05, 3.63) is 23.7 Å². The van der Waals surface area contributed by atoms with Gasteiger partial charge in [-0.25, -0.2) is 4.79 Å². The second kappa shape index (κ2) is 6.62. The first kappa shape index (κ1) is 14.6. The van der Waals surface area contributed by atoms with E-state index in [1.165, 1.54) is 12.8 Å². The molecule has 21 heavy (non-hydrogen) atoms. The van der Waals surface area contributed by atoms with Crippen LogP contribution in [0.2, 0.25) is 0 Å². The molecule has 116 valence electrons. The van der Waals surface area contributed by atoms with Crippen molar-refractivity contribution >= 4 is 5.97 Å². The van der Waals surface area contributed by atoms with Crippen LogP contribution in [0.4, 0.5) is 0 Å².